The van der Waals surface area contributed by atoms with Gasteiger partial charge in [-0.15, -0.1) is 0 Å². The molecule has 0 N–H and O–H groups in total. The summed E-state index contributed by atoms with van der Waals surface area (Å²) in [4.78, 5) is 0. The van der Waals surface area contributed by atoms with Gasteiger partial charge in [-0.05, 0) is 86.7 Å². The summed E-state index contributed by atoms with van der Waals surface area (Å²) in [7, 11) is 0. The average molecular weight is 743 g/mol. The Morgan fingerprint density at radius 1 is 0.310 bits per heavy atom. The van der Waals surface area contributed by atoms with E-state index in [1.807, 2.05) is 6.07 Å². The van der Waals surface area contributed by atoms with Crippen molar-refractivity contribution in [3.05, 3.63) is 240 Å². The summed E-state index contributed by atoms with van der Waals surface area (Å²) < 4.78 is 6.49. The van der Waals surface area contributed by atoms with E-state index in [4.69, 9.17) is 4.42 Å². The molecule has 0 unspecified atom stereocenters. The van der Waals surface area contributed by atoms with Gasteiger partial charge in [0.25, 0.3) is 0 Å². The topological polar surface area (TPSA) is 13.1 Å². The van der Waals surface area contributed by atoms with Gasteiger partial charge < -0.3 is 4.42 Å². The molecule has 0 saturated heterocycles. The van der Waals surface area contributed by atoms with Crippen LogP contribution in [0.5, 0.6) is 0 Å². The van der Waals surface area contributed by atoms with Crippen LogP contribution in [-0.2, 0) is 0 Å². The molecule has 0 radical (unpaired) electrons. The highest BCUT2D eigenvalue weighted by Crippen LogP contribution is 2.40. The molecule has 10 rings (SSSR count). The van der Waals surface area contributed by atoms with Crippen LogP contribution in [0.4, 0.5) is 0 Å². The predicted molar refractivity (Wildman–Crippen MR) is 244 cm³/mol. The zero-order chi connectivity index (χ0) is 39.0. The second kappa shape index (κ2) is 15.0. The zero-order valence-electron chi connectivity index (χ0n) is 32.7. The van der Waals surface area contributed by atoms with Gasteiger partial charge in [0, 0.05) is 22.3 Å². The Labute approximate surface area is 340 Å². The molecule has 9 aromatic carbocycles. The molecule has 0 amide bonds. The maximum absolute atomic E-state index is 6.49. The van der Waals surface area contributed by atoms with Gasteiger partial charge in [0.1, 0.15) is 11.2 Å². The summed E-state index contributed by atoms with van der Waals surface area (Å²) in [6, 6.07) is 77.4. The lowest BCUT2D eigenvalue weighted by Gasteiger charge is -2.21. The third kappa shape index (κ3) is 6.82. The highest BCUT2D eigenvalue weighted by atomic mass is 16.3. The van der Waals surface area contributed by atoms with Crippen molar-refractivity contribution in [2.24, 2.45) is 0 Å². The van der Waals surface area contributed by atoms with Crippen molar-refractivity contribution >= 4 is 21.9 Å². The van der Waals surface area contributed by atoms with Crippen molar-refractivity contribution in [1.82, 2.24) is 0 Å². The van der Waals surface area contributed by atoms with Crippen LogP contribution >= 0.6 is 0 Å². The van der Waals surface area contributed by atoms with Crippen LogP contribution in [0.25, 0.3) is 77.6 Å². The summed E-state index contributed by atoms with van der Waals surface area (Å²) >= 11 is 0. The maximum atomic E-state index is 6.49. The number of hydrogen-bond donors (Lipinski definition) is 0. The van der Waals surface area contributed by atoms with E-state index in [-0.39, 0.29) is 5.92 Å². The van der Waals surface area contributed by atoms with E-state index in [1.54, 1.807) is 0 Å². The summed E-state index contributed by atoms with van der Waals surface area (Å²) in [6.45, 7) is 4.25. The second-order valence-corrected chi connectivity index (χ2v) is 15.5. The SMILES string of the molecule is Cc1ccc(-c2ccc(-c3ccc(C(c4ccc(-c5ccc(-c6ccc(C)cc6)cc5)cc4)c4cccc(-c5cccc6c5oc5ccccc56)c4)cc3)cc2)cc1. The van der Waals surface area contributed by atoms with Crippen molar-refractivity contribution < 1.29 is 4.42 Å². The summed E-state index contributed by atoms with van der Waals surface area (Å²) in [6.07, 6.45) is 0. The number of para-hydroxylation sites is 2. The lowest BCUT2D eigenvalue weighted by Crippen LogP contribution is -2.04. The number of aryl methyl sites for hydroxylation is 2. The summed E-state index contributed by atoms with van der Waals surface area (Å²) in [5.74, 6) is 0.0192. The van der Waals surface area contributed by atoms with Gasteiger partial charge in [0.2, 0.25) is 0 Å². The minimum atomic E-state index is 0.0192. The van der Waals surface area contributed by atoms with Crippen molar-refractivity contribution in [1.29, 1.82) is 0 Å². The van der Waals surface area contributed by atoms with Gasteiger partial charge in [-0.2, -0.15) is 0 Å². The third-order valence-electron chi connectivity index (χ3n) is 11.6. The fourth-order valence-electron chi connectivity index (χ4n) is 8.38. The minimum Gasteiger partial charge on any atom is -0.455 e. The van der Waals surface area contributed by atoms with Gasteiger partial charge in [0.05, 0.1) is 0 Å². The van der Waals surface area contributed by atoms with E-state index >= 15 is 0 Å². The third-order valence-corrected chi connectivity index (χ3v) is 11.6. The first-order valence-electron chi connectivity index (χ1n) is 20.1. The van der Waals surface area contributed by atoms with E-state index in [0.717, 1.165) is 33.1 Å². The quantitative estimate of drug-likeness (QED) is 0.141. The van der Waals surface area contributed by atoms with E-state index in [0.29, 0.717) is 0 Å². The van der Waals surface area contributed by atoms with E-state index in [1.165, 1.54) is 72.3 Å². The van der Waals surface area contributed by atoms with E-state index in [9.17, 15) is 0 Å². The lowest BCUT2D eigenvalue weighted by molar-refractivity contribution is 0.670. The number of hydrogen-bond acceptors (Lipinski definition) is 1. The number of benzene rings is 9. The lowest BCUT2D eigenvalue weighted by atomic mass is 9.83. The van der Waals surface area contributed by atoms with Crippen LogP contribution in [0.1, 0.15) is 33.7 Å². The van der Waals surface area contributed by atoms with Gasteiger partial charge in [-0.25, -0.2) is 0 Å². The van der Waals surface area contributed by atoms with Crippen LogP contribution in [0.2, 0.25) is 0 Å². The average Bonchev–Trinajstić information content (AvgIpc) is 3.67. The molecule has 1 heterocycles. The molecule has 276 valence electrons. The molecule has 0 bridgehead atoms. The Hall–Kier alpha value is -7.22. The molecule has 1 nitrogen and oxygen atoms in total. The first-order valence-corrected chi connectivity index (χ1v) is 20.1. The van der Waals surface area contributed by atoms with Crippen molar-refractivity contribution in [3.63, 3.8) is 0 Å². The van der Waals surface area contributed by atoms with Gasteiger partial charge >= 0.3 is 0 Å². The normalized spacial score (nSPS) is 11.4. The minimum absolute atomic E-state index is 0.0192. The first kappa shape index (κ1) is 35.2. The summed E-state index contributed by atoms with van der Waals surface area (Å²) in [5.41, 5.74) is 20.1. The van der Waals surface area contributed by atoms with Crippen molar-refractivity contribution in [2.75, 3.05) is 0 Å². The smallest absolute Gasteiger partial charge is 0.143 e. The Morgan fingerprint density at radius 2 is 0.707 bits per heavy atom. The molecule has 1 heteroatoms. The van der Waals surface area contributed by atoms with Crippen LogP contribution in [-0.4, -0.2) is 0 Å². The second-order valence-electron chi connectivity index (χ2n) is 15.5. The van der Waals surface area contributed by atoms with Gasteiger partial charge in [-0.3, -0.25) is 0 Å². The number of rotatable bonds is 8. The van der Waals surface area contributed by atoms with E-state index < -0.39 is 0 Å². The molecule has 0 spiro atoms. The number of fused-ring (bicyclic) bond motifs is 3. The largest absolute Gasteiger partial charge is 0.455 e. The fraction of sp³-hybridized carbons (Fsp3) is 0.0526. The van der Waals surface area contributed by atoms with Crippen LogP contribution in [0.15, 0.2) is 217 Å². The Bertz CT molecular complexity index is 2870. The fourth-order valence-corrected chi connectivity index (χ4v) is 8.38. The Balaban J connectivity index is 1.01. The molecule has 10 aromatic rings. The van der Waals surface area contributed by atoms with Crippen LogP contribution in [0, 0.1) is 13.8 Å². The van der Waals surface area contributed by atoms with E-state index in [2.05, 4.69) is 220 Å². The molecule has 58 heavy (non-hydrogen) atoms. The first-order chi connectivity index (χ1) is 28.5. The Morgan fingerprint density at radius 3 is 1.19 bits per heavy atom. The highest BCUT2D eigenvalue weighted by Gasteiger charge is 2.20. The molecule has 0 saturated carbocycles. The zero-order valence-corrected chi connectivity index (χ0v) is 32.7. The van der Waals surface area contributed by atoms with Gasteiger partial charge in [0.15, 0.2) is 0 Å². The summed E-state index contributed by atoms with van der Waals surface area (Å²) in [5, 5.41) is 2.28. The van der Waals surface area contributed by atoms with Gasteiger partial charge in [-0.1, -0.05) is 217 Å². The molecular weight excluding hydrogens is 701 g/mol. The molecule has 0 aliphatic carbocycles. The Kier molecular flexibility index (Phi) is 9.12. The predicted octanol–water partition coefficient (Wildman–Crippen LogP) is 15.7. The molecular formula is C57H42O. The molecule has 0 aliphatic heterocycles. The monoisotopic (exact) mass is 742 g/mol. The molecule has 1 aromatic heterocycles. The standard InChI is InChI=1S/C57H42O/c1-38-13-17-40(18-14-38)42-21-25-44(26-22-42)46-29-33-48(34-30-46)56(49-35-31-47(32-36-49)45-27-23-43(24-28-45)41-19-15-39(2)16-20-41)51-8-5-7-50(37-51)52-10-6-11-54-53-9-3-4-12-55(53)58-57(52)54/h3-37,56H,1-2H3. The molecule has 0 atom stereocenters. The number of furan rings is 1. The highest BCUT2D eigenvalue weighted by molar-refractivity contribution is 6.09. The van der Waals surface area contributed by atoms with Crippen LogP contribution in [0.3, 0.4) is 0 Å². The maximum Gasteiger partial charge on any atom is 0.143 e. The molecule has 0 aliphatic rings. The van der Waals surface area contributed by atoms with Crippen molar-refractivity contribution in [3.8, 4) is 55.6 Å². The molecule has 0 fully saturated rings. The van der Waals surface area contributed by atoms with Crippen LogP contribution < -0.4 is 0 Å². The van der Waals surface area contributed by atoms with Crippen molar-refractivity contribution in [2.45, 2.75) is 19.8 Å².